The number of rotatable bonds is 3. The van der Waals surface area contributed by atoms with Gasteiger partial charge in [-0.2, -0.15) is 0 Å². The van der Waals surface area contributed by atoms with E-state index in [2.05, 4.69) is 26.2 Å². The van der Waals surface area contributed by atoms with Gasteiger partial charge in [-0.15, -0.1) is 0 Å². The first-order chi connectivity index (χ1) is 9.56. The lowest BCUT2D eigenvalue weighted by molar-refractivity contribution is -0.150. The van der Waals surface area contributed by atoms with Crippen LogP contribution in [-0.2, 0) is 16.1 Å². The third kappa shape index (κ3) is 2.57. The van der Waals surface area contributed by atoms with Crippen molar-refractivity contribution in [3.05, 3.63) is 28.5 Å². The highest BCUT2D eigenvalue weighted by atomic mass is 79.9. The van der Waals surface area contributed by atoms with Gasteiger partial charge in [-0.1, -0.05) is 0 Å². The van der Waals surface area contributed by atoms with E-state index in [-0.39, 0.29) is 17.9 Å². The van der Waals surface area contributed by atoms with Crippen molar-refractivity contribution < 1.29 is 9.59 Å². The number of nitrogens with one attached hydrogen (secondary N) is 1. The predicted molar refractivity (Wildman–Crippen MR) is 76.6 cm³/mol. The normalized spacial score (nSPS) is 26.6. The Morgan fingerprint density at radius 3 is 2.75 bits per heavy atom. The first-order valence-corrected chi connectivity index (χ1v) is 7.57. The summed E-state index contributed by atoms with van der Waals surface area (Å²) in [4.78, 5) is 30.4. The van der Waals surface area contributed by atoms with Crippen molar-refractivity contribution in [1.82, 2.24) is 15.2 Å². The molecule has 0 spiro atoms. The van der Waals surface area contributed by atoms with Gasteiger partial charge < -0.3 is 10.2 Å². The maximum absolute atomic E-state index is 12.5. The lowest BCUT2D eigenvalue weighted by atomic mass is 10.0. The van der Waals surface area contributed by atoms with Crippen molar-refractivity contribution in [2.45, 2.75) is 38.4 Å². The van der Waals surface area contributed by atoms with Crippen LogP contribution in [0.4, 0.5) is 0 Å². The van der Waals surface area contributed by atoms with Crippen LogP contribution in [0.15, 0.2) is 22.8 Å². The number of carbonyl (C=O) groups is 2. The second-order valence-corrected chi connectivity index (χ2v) is 6.35. The molecule has 6 heteroatoms. The zero-order valence-electron chi connectivity index (χ0n) is 11.2. The molecule has 0 aromatic carbocycles. The SMILES string of the molecule is CC1C(=O)NC(C2CC2)C(=O)N1Cc1ccc(Br)cn1. The minimum Gasteiger partial charge on any atom is -0.342 e. The molecule has 2 atom stereocenters. The summed E-state index contributed by atoms with van der Waals surface area (Å²) in [7, 11) is 0. The van der Waals surface area contributed by atoms with E-state index in [9.17, 15) is 9.59 Å². The second kappa shape index (κ2) is 5.16. The fourth-order valence-corrected chi connectivity index (χ4v) is 2.72. The molecule has 20 heavy (non-hydrogen) atoms. The number of hydrogen-bond donors (Lipinski definition) is 1. The fourth-order valence-electron chi connectivity index (χ4n) is 2.49. The molecule has 0 bridgehead atoms. The van der Waals surface area contributed by atoms with Crippen molar-refractivity contribution in [3.63, 3.8) is 0 Å². The molecule has 2 amide bonds. The minimum absolute atomic E-state index is 0.0179. The van der Waals surface area contributed by atoms with E-state index in [4.69, 9.17) is 0 Å². The molecule has 1 saturated heterocycles. The summed E-state index contributed by atoms with van der Waals surface area (Å²) in [5, 5.41) is 2.84. The zero-order valence-corrected chi connectivity index (χ0v) is 12.8. The molecule has 1 aliphatic carbocycles. The van der Waals surface area contributed by atoms with Gasteiger partial charge in [-0.3, -0.25) is 14.6 Å². The lowest BCUT2D eigenvalue weighted by Crippen LogP contribution is -2.62. The molecule has 0 radical (unpaired) electrons. The smallest absolute Gasteiger partial charge is 0.246 e. The monoisotopic (exact) mass is 337 g/mol. The summed E-state index contributed by atoms with van der Waals surface area (Å²) < 4.78 is 0.896. The Balaban J connectivity index is 1.79. The number of amides is 2. The second-order valence-electron chi connectivity index (χ2n) is 5.43. The van der Waals surface area contributed by atoms with E-state index in [1.807, 2.05) is 12.1 Å². The summed E-state index contributed by atoms with van der Waals surface area (Å²) in [6.07, 6.45) is 3.75. The van der Waals surface area contributed by atoms with Crippen LogP contribution in [0.5, 0.6) is 0 Å². The predicted octanol–water partition coefficient (Wildman–Crippen LogP) is 1.47. The molecule has 2 aliphatic rings. The highest BCUT2D eigenvalue weighted by Gasteiger charge is 2.45. The lowest BCUT2D eigenvalue weighted by Gasteiger charge is -2.37. The van der Waals surface area contributed by atoms with Gasteiger partial charge in [-0.05, 0) is 53.7 Å². The maximum atomic E-state index is 12.5. The first-order valence-electron chi connectivity index (χ1n) is 6.77. The number of hydrogen-bond acceptors (Lipinski definition) is 3. The van der Waals surface area contributed by atoms with E-state index in [1.54, 1.807) is 18.0 Å². The number of carbonyl (C=O) groups excluding carboxylic acids is 2. The fraction of sp³-hybridized carbons (Fsp3) is 0.500. The van der Waals surface area contributed by atoms with Crippen molar-refractivity contribution in [3.8, 4) is 0 Å². The molecule has 1 N–H and O–H groups in total. The summed E-state index contributed by atoms with van der Waals surface area (Å²) in [6.45, 7) is 2.14. The van der Waals surface area contributed by atoms with E-state index < -0.39 is 6.04 Å². The molecule has 5 nitrogen and oxygen atoms in total. The van der Waals surface area contributed by atoms with Crippen molar-refractivity contribution in [1.29, 1.82) is 0 Å². The third-order valence-electron chi connectivity index (χ3n) is 3.91. The molecule has 2 fully saturated rings. The number of halogens is 1. The highest BCUT2D eigenvalue weighted by Crippen LogP contribution is 2.35. The number of aromatic nitrogens is 1. The Bertz CT molecular complexity index is 542. The Kier molecular flexibility index (Phi) is 3.50. The summed E-state index contributed by atoms with van der Waals surface area (Å²) in [6, 6.07) is 2.97. The van der Waals surface area contributed by atoms with Crippen LogP contribution in [0.2, 0.25) is 0 Å². The van der Waals surface area contributed by atoms with E-state index in [0.717, 1.165) is 23.0 Å². The molecule has 1 aromatic heterocycles. The molecule has 106 valence electrons. The quantitative estimate of drug-likeness (QED) is 0.908. The average Bonchev–Trinajstić information content (AvgIpc) is 3.25. The summed E-state index contributed by atoms with van der Waals surface area (Å²) in [5.41, 5.74) is 0.789. The molecule has 3 rings (SSSR count). The van der Waals surface area contributed by atoms with E-state index >= 15 is 0 Å². The van der Waals surface area contributed by atoms with Gasteiger partial charge in [-0.25, -0.2) is 0 Å². The van der Waals surface area contributed by atoms with Crippen LogP contribution in [0.3, 0.4) is 0 Å². The number of nitrogens with zero attached hydrogens (tertiary/aromatic N) is 2. The Morgan fingerprint density at radius 1 is 1.40 bits per heavy atom. The number of pyridine rings is 1. The standard InChI is InChI=1S/C14H16BrN3O2/c1-8-13(19)17-12(9-2-3-9)14(20)18(8)7-11-5-4-10(15)6-16-11/h4-6,8-9,12H,2-3,7H2,1H3,(H,17,19). The molecular formula is C14H16BrN3O2. The van der Waals surface area contributed by atoms with Gasteiger partial charge >= 0.3 is 0 Å². The molecule has 2 unspecified atom stereocenters. The van der Waals surface area contributed by atoms with Crippen molar-refractivity contribution >= 4 is 27.7 Å². The molecule has 2 heterocycles. The van der Waals surface area contributed by atoms with E-state index in [0.29, 0.717) is 12.5 Å². The topological polar surface area (TPSA) is 62.3 Å². The van der Waals surface area contributed by atoms with Crippen LogP contribution >= 0.6 is 15.9 Å². The van der Waals surface area contributed by atoms with Gasteiger partial charge in [0.2, 0.25) is 11.8 Å². The Labute approximate surface area is 125 Å². The van der Waals surface area contributed by atoms with Crippen LogP contribution in [0.25, 0.3) is 0 Å². The van der Waals surface area contributed by atoms with Crippen LogP contribution in [-0.4, -0.2) is 33.8 Å². The Morgan fingerprint density at radius 2 is 2.15 bits per heavy atom. The van der Waals surface area contributed by atoms with Gasteiger partial charge in [0, 0.05) is 10.7 Å². The van der Waals surface area contributed by atoms with Crippen molar-refractivity contribution in [2.24, 2.45) is 5.92 Å². The van der Waals surface area contributed by atoms with Gasteiger partial charge in [0.15, 0.2) is 0 Å². The van der Waals surface area contributed by atoms with Gasteiger partial charge in [0.05, 0.1) is 12.2 Å². The molecular weight excluding hydrogens is 322 g/mol. The Hall–Kier alpha value is -1.43. The van der Waals surface area contributed by atoms with Crippen LogP contribution < -0.4 is 5.32 Å². The summed E-state index contributed by atoms with van der Waals surface area (Å²) >= 11 is 3.33. The minimum atomic E-state index is -0.442. The van der Waals surface area contributed by atoms with Crippen molar-refractivity contribution in [2.75, 3.05) is 0 Å². The average molecular weight is 338 g/mol. The number of piperazine rings is 1. The van der Waals surface area contributed by atoms with Crippen LogP contribution in [0, 0.1) is 5.92 Å². The first kappa shape index (κ1) is 13.5. The maximum Gasteiger partial charge on any atom is 0.246 e. The van der Waals surface area contributed by atoms with E-state index in [1.165, 1.54) is 0 Å². The van der Waals surface area contributed by atoms with Gasteiger partial charge in [0.25, 0.3) is 0 Å². The third-order valence-corrected chi connectivity index (χ3v) is 4.38. The molecule has 1 aliphatic heterocycles. The highest BCUT2D eigenvalue weighted by molar-refractivity contribution is 9.10. The molecule has 1 saturated carbocycles. The largest absolute Gasteiger partial charge is 0.342 e. The summed E-state index contributed by atoms with van der Waals surface area (Å²) in [5.74, 6) is 0.266. The molecule has 1 aromatic rings. The van der Waals surface area contributed by atoms with Crippen LogP contribution in [0.1, 0.15) is 25.5 Å². The zero-order chi connectivity index (χ0) is 14.3. The van der Waals surface area contributed by atoms with Gasteiger partial charge in [0.1, 0.15) is 12.1 Å².